The van der Waals surface area contributed by atoms with Gasteiger partial charge in [0.15, 0.2) is 5.96 Å². The van der Waals surface area contributed by atoms with Gasteiger partial charge in [-0.25, -0.2) is 0 Å². The normalized spacial score (nSPS) is 21.2. The van der Waals surface area contributed by atoms with Crippen LogP contribution < -0.4 is 5.32 Å². The summed E-state index contributed by atoms with van der Waals surface area (Å²) < 4.78 is 5.53. The van der Waals surface area contributed by atoms with Gasteiger partial charge in [0.25, 0.3) is 5.91 Å². The molecule has 0 spiro atoms. The molecule has 0 saturated carbocycles. The first-order chi connectivity index (χ1) is 12.7. The molecule has 1 N–H and O–H groups in total. The number of hydrogen-bond donors (Lipinski definition) is 1. The zero-order valence-electron chi connectivity index (χ0n) is 15.9. The molecule has 2 aliphatic rings. The molecule has 0 aromatic heterocycles. The number of hydrogen-bond acceptors (Lipinski definition) is 3. The predicted octanol–water partition coefficient (Wildman–Crippen LogP) is 1.65. The van der Waals surface area contributed by atoms with E-state index in [1.165, 1.54) is 11.1 Å². The van der Waals surface area contributed by atoms with Gasteiger partial charge in [0.1, 0.15) is 6.10 Å². The Morgan fingerprint density at radius 1 is 1.19 bits per heavy atom. The van der Waals surface area contributed by atoms with E-state index in [1.54, 1.807) is 0 Å². The summed E-state index contributed by atoms with van der Waals surface area (Å²) >= 11 is 0. The molecule has 1 aromatic carbocycles. The van der Waals surface area contributed by atoms with E-state index in [0.717, 1.165) is 57.9 Å². The average molecular weight is 358 g/mol. The van der Waals surface area contributed by atoms with Crippen LogP contribution in [0, 0.1) is 0 Å². The first-order valence-corrected chi connectivity index (χ1v) is 9.65. The first kappa shape index (κ1) is 18.7. The third-order valence-corrected chi connectivity index (χ3v) is 5.24. The highest BCUT2D eigenvalue weighted by Crippen LogP contribution is 2.16. The molecule has 1 amide bonds. The van der Waals surface area contributed by atoms with E-state index in [9.17, 15) is 4.79 Å². The van der Waals surface area contributed by atoms with Crippen molar-refractivity contribution < 1.29 is 9.53 Å². The number of nitrogens with one attached hydrogen (secondary N) is 1. The fourth-order valence-corrected chi connectivity index (χ4v) is 3.70. The molecule has 2 saturated heterocycles. The monoisotopic (exact) mass is 358 g/mol. The van der Waals surface area contributed by atoms with Crippen molar-refractivity contribution in [1.29, 1.82) is 0 Å². The standard InChI is InChI=1S/C20H30N4O2/c1-3-16-7-4-5-8-17(16)15-22-20(21-2)24-12-10-23(11-13-24)19(25)18-9-6-14-26-18/h4-5,7-8,18H,3,6,9-15H2,1-2H3,(H,21,22). The molecular weight excluding hydrogens is 328 g/mol. The summed E-state index contributed by atoms with van der Waals surface area (Å²) in [5.41, 5.74) is 2.67. The van der Waals surface area contributed by atoms with Crippen molar-refractivity contribution in [3.63, 3.8) is 0 Å². The van der Waals surface area contributed by atoms with Crippen LogP contribution in [0.4, 0.5) is 0 Å². The lowest BCUT2D eigenvalue weighted by molar-refractivity contribution is -0.142. The molecule has 1 aromatic rings. The van der Waals surface area contributed by atoms with E-state index >= 15 is 0 Å². The molecule has 0 bridgehead atoms. The summed E-state index contributed by atoms with van der Waals surface area (Å²) in [5, 5.41) is 3.48. The number of ether oxygens (including phenoxy) is 1. The smallest absolute Gasteiger partial charge is 0.251 e. The number of carbonyl (C=O) groups is 1. The molecule has 142 valence electrons. The molecule has 2 fully saturated rings. The zero-order chi connectivity index (χ0) is 18.4. The minimum Gasteiger partial charge on any atom is -0.368 e. The third kappa shape index (κ3) is 4.36. The van der Waals surface area contributed by atoms with Crippen LogP contribution in [0.5, 0.6) is 0 Å². The molecule has 2 heterocycles. The first-order valence-electron chi connectivity index (χ1n) is 9.65. The number of nitrogens with zero attached hydrogens (tertiary/aromatic N) is 3. The number of guanidine groups is 1. The van der Waals surface area contributed by atoms with E-state index in [4.69, 9.17) is 4.74 Å². The molecule has 6 nitrogen and oxygen atoms in total. The van der Waals surface area contributed by atoms with Crippen molar-refractivity contribution in [2.75, 3.05) is 39.8 Å². The molecule has 2 aliphatic heterocycles. The number of aryl methyl sites for hydroxylation is 1. The Labute approximate surface area is 156 Å². The van der Waals surface area contributed by atoms with E-state index in [1.807, 2.05) is 11.9 Å². The maximum Gasteiger partial charge on any atom is 0.251 e. The minimum atomic E-state index is -0.218. The van der Waals surface area contributed by atoms with Crippen molar-refractivity contribution >= 4 is 11.9 Å². The third-order valence-electron chi connectivity index (χ3n) is 5.24. The van der Waals surface area contributed by atoms with Gasteiger partial charge < -0.3 is 19.9 Å². The fourth-order valence-electron chi connectivity index (χ4n) is 3.70. The Morgan fingerprint density at radius 2 is 1.88 bits per heavy atom. The van der Waals surface area contributed by atoms with Gasteiger partial charge in [-0.3, -0.25) is 9.79 Å². The van der Waals surface area contributed by atoms with Crippen LogP contribution in [0.2, 0.25) is 0 Å². The Morgan fingerprint density at radius 3 is 2.50 bits per heavy atom. The van der Waals surface area contributed by atoms with Gasteiger partial charge in [-0.2, -0.15) is 0 Å². The number of benzene rings is 1. The largest absolute Gasteiger partial charge is 0.368 e. The Hall–Kier alpha value is -2.08. The number of carbonyl (C=O) groups excluding carboxylic acids is 1. The highest BCUT2D eigenvalue weighted by atomic mass is 16.5. The van der Waals surface area contributed by atoms with Crippen molar-refractivity contribution in [3.05, 3.63) is 35.4 Å². The van der Waals surface area contributed by atoms with E-state index in [0.29, 0.717) is 6.61 Å². The van der Waals surface area contributed by atoms with E-state index in [-0.39, 0.29) is 12.0 Å². The van der Waals surface area contributed by atoms with Crippen molar-refractivity contribution in [2.24, 2.45) is 4.99 Å². The van der Waals surface area contributed by atoms with Gasteiger partial charge >= 0.3 is 0 Å². The van der Waals surface area contributed by atoms with Crippen molar-refractivity contribution in [3.8, 4) is 0 Å². The Balaban J connectivity index is 1.51. The molecule has 0 radical (unpaired) electrons. The van der Waals surface area contributed by atoms with Gasteiger partial charge in [-0.1, -0.05) is 31.2 Å². The van der Waals surface area contributed by atoms with Gasteiger partial charge in [-0.15, -0.1) is 0 Å². The highest BCUT2D eigenvalue weighted by molar-refractivity contribution is 5.82. The second-order valence-electron chi connectivity index (χ2n) is 6.84. The quantitative estimate of drug-likeness (QED) is 0.657. The summed E-state index contributed by atoms with van der Waals surface area (Å²) in [6, 6.07) is 8.50. The maximum atomic E-state index is 12.5. The predicted molar refractivity (Wildman–Crippen MR) is 103 cm³/mol. The van der Waals surface area contributed by atoms with Crippen LogP contribution >= 0.6 is 0 Å². The van der Waals surface area contributed by atoms with Crippen LogP contribution in [0.15, 0.2) is 29.3 Å². The summed E-state index contributed by atoms with van der Waals surface area (Å²) in [7, 11) is 1.82. The SMILES string of the molecule is CCc1ccccc1CNC(=NC)N1CCN(C(=O)C2CCCO2)CC1. The molecule has 1 atom stereocenters. The summed E-state index contributed by atoms with van der Waals surface area (Å²) in [6.07, 6.45) is 2.66. The van der Waals surface area contributed by atoms with Gasteiger partial charge in [0.2, 0.25) is 0 Å². The van der Waals surface area contributed by atoms with E-state index < -0.39 is 0 Å². The van der Waals surface area contributed by atoms with Crippen LogP contribution in [0.1, 0.15) is 30.9 Å². The molecule has 6 heteroatoms. The second-order valence-corrected chi connectivity index (χ2v) is 6.84. The Bertz CT molecular complexity index is 632. The molecule has 3 rings (SSSR count). The molecule has 0 aliphatic carbocycles. The molecule has 26 heavy (non-hydrogen) atoms. The number of aliphatic imine (C=N–C) groups is 1. The van der Waals surface area contributed by atoms with Gasteiger partial charge in [-0.05, 0) is 30.4 Å². The minimum absolute atomic E-state index is 0.155. The zero-order valence-corrected chi connectivity index (χ0v) is 15.9. The second kappa shape index (κ2) is 9.03. The average Bonchev–Trinajstić information content (AvgIpc) is 3.23. The van der Waals surface area contributed by atoms with Crippen LogP contribution in [-0.2, 0) is 22.5 Å². The lowest BCUT2D eigenvalue weighted by Crippen LogP contribution is -2.55. The van der Waals surface area contributed by atoms with Gasteiger partial charge in [0, 0.05) is 46.4 Å². The number of rotatable bonds is 4. The molecule has 1 unspecified atom stereocenters. The summed E-state index contributed by atoms with van der Waals surface area (Å²) in [6.45, 7) is 6.72. The van der Waals surface area contributed by atoms with Gasteiger partial charge in [0.05, 0.1) is 0 Å². The Kier molecular flexibility index (Phi) is 6.50. The molecular formula is C20H30N4O2. The van der Waals surface area contributed by atoms with E-state index in [2.05, 4.69) is 46.4 Å². The number of amides is 1. The van der Waals surface area contributed by atoms with Crippen LogP contribution in [-0.4, -0.2) is 67.6 Å². The van der Waals surface area contributed by atoms with Crippen molar-refractivity contribution in [2.45, 2.75) is 38.8 Å². The lowest BCUT2D eigenvalue weighted by Gasteiger charge is -2.37. The summed E-state index contributed by atoms with van der Waals surface area (Å²) in [4.78, 5) is 21.1. The lowest BCUT2D eigenvalue weighted by atomic mass is 10.1. The summed E-state index contributed by atoms with van der Waals surface area (Å²) in [5.74, 6) is 1.06. The van der Waals surface area contributed by atoms with Crippen LogP contribution in [0.3, 0.4) is 0 Å². The van der Waals surface area contributed by atoms with Crippen molar-refractivity contribution in [1.82, 2.24) is 15.1 Å². The maximum absolute atomic E-state index is 12.5. The van der Waals surface area contributed by atoms with Crippen LogP contribution in [0.25, 0.3) is 0 Å². The highest BCUT2D eigenvalue weighted by Gasteiger charge is 2.30. The number of piperazine rings is 1. The topological polar surface area (TPSA) is 57.2 Å². The fraction of sp³-hybridized carbons (Fsp3) is 0.600.